The zero-order valence-corrected chi connectivity index (χ0v) is 20.5. The number of rotatable bonds is 3. The molecule has 4 heterocycles. The molecule has 9 nitrogen and oxygen atoms in total. The van der Waals surface area contributed by atoms with Crippen molar-refractivity contribution >= 4 is 17.8 Å². The normalized spacial score (nSPS) is 16.9. The number of amides is 1. The Bertz CT molecular complexity index is 1070. The van der Waals surface area contributed by atoms with E-state index in [0.717, 1.165) is 45.6 Å². The third kappa shape index (κ3) is 10.1. The molecule has 1 amide bonds. The quantitative estimate of drug-likeness (QED) is 0.539. The molecule has 2 fully saturated rings. The van der Waals surface area contributed by atoms with Gasteiger partial charge < -0.3 is 15.1 Å². The van der Waals surface area contributed by atoms with Crippen LogP contribution >= 0.6 is 0 Å². The lowest BCUT2D eigenvalue weighted by Gasteiger charge is -2.39. The van der Waals surface area contributed by atoms with Crippen LogP contribution in [0, 0.1) is 5.41 Å². The van der Waals surface area contributed by atoms with Crippen molar-refractivity contribution in [1.29, 1.82) is 0 Å². The van der Waals surface area contributed by atoms with Gasteiger partial charge in [0.15, 0.2) is 0 Å². The summed E-state index contributed by atoms with van der Waals surface area (Å²) in [6.45, 7) is 4.97. The number of aliphatic carboxylic acids is 2. The van der Waals surface area contributed by atoms with Gasteiger partial charge in [0.1, 0.15) is 0 Å². The Morgan fingerprint density at radius 2 is 1.31 bits per heavy atom. The Labute approximate surface area is 219 Å². The molecule has 0 radical (unpaired) electrons. The molecule has 0 atom stereocenters. The number of carbonyl (C=O) groups is 3. The molecule has 4 rings (SSSR count). The lowest BCUT2D eigenvalue weighted by atomic mass is 9.77. The van der Waals surface area contributed by atoms with Gasteiger partial charge in [-0.15, -0.1) is 0 Å². The second-order valence-corrected chi connectivity index (χ2v) is 8.96. The topological polar surface area (TPSA) is 124 Å². The first kappa shape index (κ1) is 31.5. The summed E-state index contributed by atoms with van der Waals surface area (Å²) in [5.41, 5.74) is 2.36. The Kier molecular flexibility index (Phi) is 10.8. The van der Waals surface area contributed by atoms with E-state index in [4.69, 9.17) is 19.8 Å². The predicted octanol–water partition coefficient (Wildman–Crippen LogP) is 3.87. The van der Waals surface area contributed by atoms with Crippen molar-refractivity contribution in [2.75, 3.05) is 26.2 Å². The summed E-state index contributed by atoms with van der Waals surface area (Å²) in [5.74, 6) is -5.40. The molecule has 0 unspecified atom stereocenters. The molecule has 0 aliphatic carbocycles. The van der Waals surface area contributed by atoms with E-state index in [1.165, 1.54) is 12.0 Å². The minimum Gasteiger partial charge on any atom is -0.475 e. The number of aromatic nitrogens is 2. The monoisotopic (exact) mass is 564 g/mol. The summed E-state index contributed by atoms with van der Waals surface area (Å²) in [4.78, 5) is 43.2. The number of likely N-dealkylation sites (tertiary alicyclic amines) is 2. The molecular formula is C24H26F6N4O5. The lowest BCUT2D eigenvalue weighted by molar-refractivity contribution is -0.193. The van der Waals surface area contributed by atoms with Crippen molar-refractivity contribution < 1.29 is 50.9 Å². The Morgan fingerprint density at radius 1 is 0.821 bits per heavy atom. The highest BCUT2D eigenvalue weighted by Crippen LogP contribution is 2.41. The second-order valence-electron chi connectivity index (χ2n) is 8.96. The van der Waals surface area contributed by atoms with Gasteiger partial charge in [-0.05, 0) is 55.0 Å². The van der Waals surface area contributed by atoms with Crippen molar-refractivity contribution in [3.8, 4) is 0 Å². The van der Waals surface area contributed by atoms with Crippen LogP contribution in [0.1, 0.15) is 35.2 Å². The van der Waals surface area contributed by atoms with E-state index in [0.29, 0.717) is 11.0 Å². The number of alkyl halides is 6. The molecule has 214 valence electrons. The summed E-state index contributed by atoms with van der Waals surface area (Å²) < 4.78 is 63.5. The van der Waals surface area contributed by atoms with E-state index in [-0.39, 0.29) is 5.91 Å². The van der Waals surface area contributed by atoms with E-state index in [9.17, 15) is 31.1 Å². The molecule has 2 aliphatic heterocycles. The average Bonchev–Trinajstić information content (AvgIpc) is 3.26. The van der Waals surface area contributed by atoms with Gasteiger partial charge >= 0.3 is 24.3 Å². The molecule has 0 bridgehead atoms. The Balaban J connectivity index is 0.000000317. The van der Waals surface area contributed by atoms with E-state index >= 15 is 0 Å². The number of carboxylic acids is 2. The van der Waals surface area contributed by atoms with Gasteiger partial charge in [0.2, 0.25) is 0 Å². The van der Waals surface area contributed by atoms with Crippen molar-refractivity contribution in [2.45, 2.75) is 38.2 Å². The SMILES string of the molecule is O=C(O)C(F)(F)F.O=C(O)C(F)(F)F.O=C(c1cccnc1)N1CCC2(CCN(Cc3cccnc3)C2)CC1. The molecule has 1 spiro atoms. The molecule has 2 aromatic heterocycles. The van der Waals surface area contributed by atoms with Crippen molar-refractivity contribution in [3.63, 3.8) is 0 Å². The highest BCUT2D eigenvalue weighted by atomic mass is 19.4. The highest BCUT2D eigenvalue weighted by molar-refractivity contribution is 5.93. The summed E-state index contributed by atoms with van der Waals surface area (Å²) >= 11 is 0. The van der Waals surface area contributed by atoms with Crippen LogP contribution in [0.3, 0.4) is 0 Å². The number of piperidine rings is 1. The average molecular weight is 564 g/mol. The van der Waals surface area contributed by atoms with Crippen LogP contribution in [-0.2, 0) is 16.1 Å². The molecule has 39 heavy (non-hydrogen) atoms. The fraction of sp³-hybridized carbons (Fsp3) is 0.458. The van der Waals surface area contributed by atoms with Crippen LogP contribution in [0.2, 0.25) is 0 Å². The standard InChI is InChI=1S/C20H24N4O.2C2HF3O2/c25-19(18-4-2-9-22-14-18)24-11-6-20(7-12-24)5-10-23(16-20)15-17-3-1-8-21-13-17;2*3-2(4,5)1(6)7/h1-4,8-9,13-14H,5-7,10-12,15-16H2;2*(H,6,7). The smallest absolute Gasteiger partial charge is 0.475 e. The van der Waals surface area contributed by atoms with Crippen molar-refractivity contribution in [3.05, 3.63) is 60.2 Å². The number of nitrogens with zero attached hydrogens (tertiary/aromatic N) is 4. The molecule has 15 heteroatoms. The van der Waals surface area contributed by atoms with E-state index in [2.05, 4.69) is 20.9 Å². The lowest BCUT2D eigenvalue weighted by Crippen LogP contribution is -2.44. The van der Waals surface area contributed by atoms with E-state index in [1.54, 1.807) is 12.4 Å². The third-order valence-electron chi connectivity index (χ3n) is 6.15. The minimum absolute atomic E-state index is 0.119. The molecule has 2 aromatic rings. The molecule has 2 saturated heterocycles. The molecule has 2 N–H and O–H groups in total. The van der Waals surface area contributed by atoms with Gasteiger partial charge in [-0.25, -0.2) is 9.59 Å². The van der Waals surface area contributed by atoms with Crippen LogP contribution in [0.5, 0.6) is 0 Å². The predicted molar refractivity (Wildman–Crippen MR) is 123 cm³/mol. The zero-order chi connectivity index (χ0) is 29.3. The zero-order valence-electron chi connectivity index (χ0n) is 20.5. The van der Waals surface area contributed by atoms with Gasteiger partial charge in [-0.3, -0.25) is 19.7 Å². The molecule has 0 saturated carbocycles. The Hall–Kier alpha value is -3.75. The number of carbonyl (C=O) groups excluding carboxylic acids is 1. The number of hydrogen-bond acceptors (Lipinski definition) is 6. The fourth-order valence-electron chi connectivity index (χ4n) is 4.18. The maximum absolute atomic E-state index is 12.6. The van der Waals surface area contributed by atoms with Gasteiger partial charge in [-0.1, -0.05) is 6.07 Å². The van der Waals surface area contributed by atoms with Crippen LogP contribution < -0.4 is 0 Å². The summed E-state index contributed by atoms with van der Waals surface area (Å²) in [6.07, 6.45) is 0.423. The Morgan fingerprint density at radius 3 is 1.74 bits per heavy atom. The maximum atomic E-state index is 12.6. The van der Waals surface area contributed by atoms with Gasteiger partial charge in [0.05, 0.1) is 5.56 Å². The number of hydrogen-bond donors (Lipinski definition) is 2. The first-order valence-electron chi connectivity index (χ1n) is 11.5. The van der Waals surface area contributed by atoms with E-state index < -0.39 is 24.3 Å². The van der Waals surface area contributed by atoms with Crippen LogP contribution in [0.15, 0.2) is 49.1 Å². The summed E-state index contributed by atoms with van der Waals surface area (Å²) in [6, 6.07) is 7.83. The van der Waals surface area contributed by atoms with Crippen molar-refractivity contribution in [1.82, 2.24) is 19.8 Å². The molecular weight excluding hydrogens is 538 g/mol. The van der Waals surface area contributed by atoms with Crippen LogP contribution in [0.25, 0.3) is 0 Å². The fourth-order valence-corrected chi connectivity index (χ4v) is 4.18. The van der Waals surface area contributed by atoms with Gasteiger partial charge in [0.25, 0.3) is 5.91 Å². The summed E-state index contributed by atoms with van der Waals surface area (Å²) in [7, 11) is 0. The summed E-state index contributed by atoms with van der Waals surface area (Å²) in [5, 5.41) is 14.2. The minimum atomic E-state index is -5.08. The van der Waals surface area contributed by atoms with E-state index in [1.807, 2.05) is 35.5 Å². The highest BCUT2D eigenvalue weighted by Gasteiger charge is 2.41. The first-order chi connectivity index (χ1) is 18.1. The number of pyridine rings is 2. The largest absolute Gasteiger partial charge is 0.490 e. The third-order valence-corrected chi connectivity index (χ3v) is 6.15. The van der Waals surface area contributed by atoms with Crippen LogP contribution in [-0.4, -0.2) is 86.4 Å². The molecule has 0 aromatic carbocycles. The number of carboxylic acid groups (broad SMARTS) is 2. The first-order valence-corrected chi connectivity index (χ1v) is 11.5. The maximum Gasteiger partial charge on any atom is 0.490 e. The molecule has 2 aliphatic rings. The van der Waals surface area contributed by atoms with Crippen molar-refractivity contribution in [2.24, 2.45) is 5.41 Å². The van der Waals surface area contributed by atoms with Crippen LogP contribution in [0.4, 0.5) is 26.3 Å². The van der Waals surface area contributed by atoms with Gasteiger partial charge in [0, 0.05) is 51.0 Å². The second kappa shape index (κ2) is 13.4. The number of halogens is 6. The van der Waals surface area contributed by atoms with Gasteiger partial charge in [-0.2, -0.15) is 26.3 Å².